The molecule has 4 rings (SSSR count). The SMILES string of the molecule is CN1CCCCC(N(C)C2CN(c3ccc4nncn4n3)C2)C1=O. The number of hydrogen-bond acceptors (Lipinski definition) is 6. The summed E-state index contributed by atoms with van der Waals surface area (Å²) in [6.45, 7) is 2.66. The summed E-state index contributed by atoms with van der Waals surface area (Å²) in [5.41, 5.74) is 0.750. The van der Waals surface area contributed by atoms with Crippen molar-refractivity contribution in [1.29, 1.82) is 0 Å². The van der Waals surface area contributed by atoms with Crippen LogP contribution in [0.4, 0.5) is 5.82 Å². The quantitative estimate of drug-likeness (QED) is 0.804. The van der Waals surface area contributed by atoms with E-state index in [1.807, 2.05) is 24.1 Å². The van der Waals surface area contributed by atoms with Crippen molar-refractivity contribution in [2.45, 2.75) is 31.3 Å². The first-order valence-electron chi connectivity index (χ1n) is 8.52. The molecule has 0 saturated carbocycles. The minimum atomic E-state index is 0.0120. The van der Waals surface area contributed by atoms with Crippen molar-refractivity contribution >= 4 is 17.4 Å². The van der Waals surface area contributed by atoms with Gasteiger partial charge in [0, 0.05) is 32.7 Å². The summed E-state index contributed by atoms with van der Waals surface area (Å²) in [6, 6.07) is 4.31. The summed E-state index contributed by atoms with van der Waals surface area (Å²) >= 11 is 0. The van der Waals surface area contributed by atoms with Crippen molar-refractivity contribution in [2.75, 3.05) is 38.6 Å². The monoisotopic (exact) mass is 329 g/mol. The third kappa shape index (κ3) is 2.60. The van der Waals surface area contributed by atoms with Crippen LogP contribution in [0.25, 0.3) is 5.65 Å². The van der Waals surface area contributed by atoms with Gasteiger partial charge in [-0.1, -0.05) is 0 Å². The van der Waals surface area contributed by atoms with Crippen LogP contribution in [0, 0.1) is 0 Å². The fourth-order valence-corrected chi connectivity index (χ4v) is 3.59. The highest BCUT2D eigenvalue weighted by Gasteiger charge is 2.38. The first kappa shape index (κ1) is 15.3. The second-order valence-electron chi connectivity index (χ2n) is 6.82. The molecule has 2 aromatic heterocycles. The zero-order valence-electron chi connectivity index (χ0n) is 14.2. The molecule has 0 spiro atoms. The van der Waals surface area contributed by atoms with Crippen LogP contribution in [0.5, 0.6) is 0 Å². The van der Waals surface area contributed by atoms with Crippen LogP contribution in [-0.4, -0.2) is 81.3 Å². The van der Waals surface area contributed by atoms with Crippen LogP contribution in [0.2, 0.25) is 0 Å². The summed E-state index contributed by atoms with van der Waals surface area (Å²) in [5, 5.41) is 12.4. The summed E-state index contributed by atoms with van der Waals surface area (Å²) < 4.78 is 1.69. The molecule has 8 heteroatoms. The number of rotatable bonds is 3. The first-order chi connectivity index (χ1) is 11.6. The largest absolute Gasteiger partial charge is 0.352 e. The van der Waals surface area contributed by atoms with E-state index >= 15 is 0 Å². The van der Waals surface area contributed by atoms with Gasteiger partial charge < -0.3 is 9.80 Å². The summed E-state index contributed by atoms with van der Waals surface area (Å²) in [5.74, 6) is 1.19. The third-order valence-corrected chi connectivity index (χ3v) is 5.28. The molecule has 1 amide bonds. The molecule has 0 N–H and O–H groups in total. The maximum absolute atomic E-state index is 12.5. The zero-order chi connectivity index (χ0) is 16.7. The molecule has 2 fully saturated rings. The standard InChI is InChI=1S/C16H23N7O/c1-20-8-4-3-5-13(16(20)24)21(2)12-9-22(10-12)15-7-6-14-18-17-11-23(14)19-15/h6-7,11-13H,3-5,8-10H2,1-2H3. The second-order valence-corrected chi connectivity index (χ2v) is 6.82. The van der Waals surface area contributed by atoms with Crippen LogP contribution in [0.15, 0.2) is 18.5 Å². The molecule has 0 aromatic carbocycles. The van der Waals surface area contributed by atoms with Crippen molar-refractivity contribution in [3.05, 3.63) is 18.5 Å². The number of likely N-dealkylation sites (tertiary alicyclic amines) is 1. The maximum Gasteiger partial charge on any atom is 0.239 e. The lowest BCUT2D eigenvalue weighted by Crippen LogP contribution is -2.62. The van der Waals surface area contributed by atoms with E-state index in [1.165, 1.54) is 0 Å². The van der Waals surface area contributed by atoms with Gasteiger partial charge in [-0.05, 0) is 38.4 Å². The Balaban J connectivity index is 1.41. The van der Waals surface area contributed by atoms with Crippen LogP contribution in [0.3, 0.4) is 0 Å². The smallest absolute Gasteiger partial charge is 0.239 e. The van der Waals surface area contributed by atoms with Gasteiger partial charge in [-0.25, -0.2) is 0 Å². The molecular weight excluding hydrogens is 306 g/mol. The highest BCUT2D eigenvalue weighted by Crippen LogP contribution is 2.25. The van der Waals surface area contributed by atoms with Gasteiger partial charge in [-0.3, -0.25) is 9.69 Å². The van der Waals surface area contributed by atoms with Crippen LogP contribution < -0.4 is 4.90 Å². The van der Waals surface area contributed by atoms with Crippen molar-refractivity contribution in [3.8, 4) is 0 Å². The lowest BCUT2D eigenvalue weighted by molar-refractivity contribution is -0.135. The summed E-state index contributed by atoms with van der Waals surface area (Å²) in [4.78, 5) is 18.9. The van der Waals surface area contributed by atoms with Crippen LogP contribution >= 0.6 is 0 Å². The van der Waals surface area contributed by atoms with Crippen molar-refractivity contribution < 1.29 is 4.79 Å². The van der Waals surface area contributed by atoms with E-state index in [-0.39, 0.29) is 11.9 Å². The Hall–Kier alpha value is -2.22. The van der Waals surface area contributed by atoms with E-state index in [0.717, 1.165) is 50.4 Å². The Morgan fingerprint density at radius 3 is 2.92 bits per heavy atom. The number of anilines is 1. The van der Waals surface area contributed by atoms with Gasteiger partial charge in [0.05, 0.1) is 6.04 Å². The first-order valence-corrected chi connectivity index (χ1v) is 8.52. The Morgan fingerprint density at radius 1 is 1.25 bits per heavy atom. The number of carbonyl (C=O) groups excluding carboxylic acids is 1. The number of amides is 1. The van der Waals surface area contributed by atoms with Crippen molar-refractivity contribution in [3.63, 3.8) is 0 Å². The number of carbonyl (C=O) groups is 1. The Labute approximate surface area is 141 Å². The lowest BCUT2D eigenvalue weighted by atomic mass is 10.0. The van der Waals surface area contributed by atoms with E-state index in [1.54, 1.807) is 10.8 Å². The maximum atomic E-state index is 12.5. The minimum absolute atomic E-state index is 0.0120. The molecule has 8 nitrogen and oxygen atoms in total. The molecule has 2 saturated heterocycles. The van der Waals surface area contributed by atoms with Gasteiger partial charge in [-0.2, -0.15) is 4.52 Å². The molecule has 128 valence electrons. The predicted molar refractivity (Wildman–Crippen MR) is 89.8 cm³/mol. The van der Waals surface area contributed by atoms with Gasteiger partial charge in [0.25, 0.3) is 0 Å². The molecule has 0 bridgehead atoms. The molecule has 1 atom stereocenters. The predicted octanol–water partition coefficient (Wildman–Crippen LogP) is 0.256. The highest BCUT2D eigenvalue weighted by molar-refractivity contribution is 5.82. The minimum Gasteiger partial charge on any atom is -0.352 e. The molecule has 2 aliphatic heterocycles. The Morgan fingerprint density at radius 2 is 2.08 bits per heavy atom. The number of likely N-dealkylation sites (N-methyl/N-ethyl adjacent to an activating group) is 2. The van der Waals surface area contributed by atoms with E-state index < -0.39 is 0 Å². The van der Waals surface area contributed by atoms with Crippen LogP contribution in [-0.2, 0) is 4.79 Å². The second kappa shape index (κ2) is 6.01. The van der Waals surface area contributed by atoms with Crippen LogP contribution in [0.1, 0.15) is 19.3 Å². The number of fused-ring (bicyclic) bond motifs is 1. The number of hydrogen-bond donors (Lipinski definition) is 0. The average molecular weight is 329 g/mol. The topological polar surface area (TPSA) is 69.9 Å². The molecule has 24 heavy (non-hydrogen) atoms. The van der Waals surface area contributed by atoms with Gasteiger partial charge >= 0.3 is 0 Å². The fraction of sp³-hybridized carbons (Fsp3) is 0.625. The van der Waals surface area contributed by atoms with E-state index in [9.17, 15) is 4.79 Å². The van der Waals surface area contributed by atoms with E-state index in [4.69, 9.17) is 0 Å². The normalized spacial score (nSPS) is 23.0. The third-order valence-electron chi connectivity index (χ3n) is 5.28. The molecule has 2 aromatic rings. The van der Waals surface area contributed by atoms with Gasteiger partial charge in [0.1, 0.15) is 12.1 Å². The molecular formula is C16H23N7O. The molecule has 2 aliphatic rings. The highest BCUT2D eigenvalue weighted by atomic mass is 16.2. The number of aromatic nitrogens is 4. The van der Waals surface area contributed by atoms with Crippen molar-refractivity contribution in [2.24, 2.45) is 0 Å². The van der Waals surface area contributed by atoms with E-state index in [0.29, 0.717) is 6.04 Å². The lowest BCUT2D eigenvalue weighted by Gasteiger charge is -2.46. The number of nitrogens with zero attached hydrogens (tertiary/aromatic N) is 7. The fourth-order valence-electron chi connectivity index (χ4n) is 3.59. The zero-order valence-corrected chi connectivity index (χ0v) is 14.2. The average Bonchev–Trinajstić information content (AvgIpc) is 2.93. The molecule has 0 radical (unpaired) electrons. The Kier molecular flexibility index (Phi) is 3.84. The molecule has 0 aliphatic carbocycles. The van der Waals surface area contributed by atoms with E-state index in [2.05, 4.69) is 32.1 Å². The molecule has 1 unspecified atom stereocenters. The molecule has 4 heterocycles. The Bertz CT molecular complexity index is 739. The van der Waals surface area contributed by atoms with Gasteiger partial charge in [-0.15, -0.1) is 15.3 Å². The van der Waals surface area contributed by atoms with Crippen molar-refractivity contribution in [1.82, 2.24) is 29.6 Å². The van der Waals surface area contributed by atoms with Gasteiger partial charge in [0.15, 0.2) is 5.65 Å². The van der Waals surface area contributed by atoms with Gasteiger partial charge in [0.2, 0.25) is 5.91 Å². The summed E-state index contributed by atoms with van der Waals surface area (Å²) in [6.07, 6.45) is 4.79. The summed E-state index contributed by atoms with van der Waals surface area (Å²) in [7, 11) is 4.00.